The van der Waals surface area contributed by atoms with E-state index in [1.54, 1.807) is 29.4 Å². The summed E-state index contributed by atoms with van der Waals surface area (Å²) in [6.45, 7) is 7.26. The van der Waals surface area contributed by atoms with E-state index in [1.165, 1.54) is 0 Å². The lowest BCUT2D eigenvalue weighted by Gasteiger charge is -2.35. The molecule has 0 spiro atoms. The molecule has 1 aliphatic heterocycles. The fourth-order valence-corrected chi connectivity index (χ4v) is 3.20. The Balaban J connectivity index is 1.41. The lowest BCUT2D eigenvalue weighted by Crippen LogP contribution is -2.49. The van der Waals surface area contributed by atoms with Crippen LogP contribution in [0.3, 0.4) is 0 Å². The summed E-state index contributed by atoms with van der Waals surface area (Å²) in [5.41, 5.74) is 0.284. The molecule has 4 heterocycles. The van der Waals surface area contributed by atoms with E-state index in [9.17, 15) is 4.79 Å². The van der Waals surface area contributed by atoms with Gasteiger partial charge in [0.2, 0.25) is 5.76 Å². The summed E-state index contributed by atoms with van der Waals surface area (Å²) in [6, 6.07) is 7.08. The maximum atomic E-state index is 12.7. The molecule has 1 N–H and O–H groups in total. The summed E-state index contributed by atoms with van der Waals surface area (Å²) < 4.78 is 10.5. The molecule has 0 radical (unpaired) electrons. The third-order valence-corrected chi connectivity index (χ3v) is 4.57. The predicted molar refractivity (Wildman–Crippen MR) is 103 cm³/mol. The number of nitrogens with zero attached hydrogens (tertiary/aromatic N) is 5. The van der Waals surface area contributed by atoms with Crippen molar-refractivity contribution in [2.75, 3.05) is 42.9 Å². The SMILES string of the molecule is CCNc1cc(N2CCN(C(=O)c3cc(-c4ccco4)on3)CC2)nc(C)n1. The largest absolute Gasteiger partial charge is 0.461 e. The van der Waals surface area contributed by atoms with Crippen LogP contribution < -0.4 is 10.2 Å². The van der Waals surface area contributed by atoms with Crippen molar-refractivity contribution >= 4 is 17.5 Å². The minimum atomic E-state index is -0.145. The summed E-state index contributed by atoms with van der Waals surface area (Å²) in [4.78, 5) is 25.6. The smallest absolute Gasteiger partial charge is 0.276 e. The molecule has 0 bridgehead atoms. The molecule has 0 aliphatic carbocycles. The number of aromatic nitrogens is 3. The molecule has 1 fully saturated rings. The second-order valence-electron chi connectivity index (χ2n) is 6.52. The van der Waals surface area contributed by atoms with Gasteiger partial charge in [0.25, 0.3) is 5.91 Å². The molecular formula is C19H22N6O3. The number of carbonyl (C=O) groups is 1. The number of furan rings is 1. The van der Waals surface area contributed by atoms with Gasteiger partial charge in [-0.15, -0.1) is 0 Å². The highest BCUT2D eigenvalue weighted by Crippen LogP contribution is 2.22. The lowest BCUT2D eigenvalue weighted by molar-refractivity contribution is 0.0736. The third kappa shape index (κ3) is 3.68. The van der Waals surface area contributed by atoms with E-state index in [-0.39, 0.29) is 11.6 Å². The molecule has 4 rings (SSSR count). The molecule has 0 aromatic carbocycles. The number of aryl methyl sites for hydroxylation is 1. The lowest BCUT2D eigenvalue weighted by atomic mass is 10.2. The van der Waals surface area contributed by atoms with Crippen molar-refractivity contribution in [3.63, 3.8) is 0 Å². The van der Waals surface area contributed by atoms with E-state index in [0.717, 1.165) is 24.0 Å². The maximum absolute atomic E-state index is 12.7. The van der Waals surface area contributed by atoms with Crippen LogP contribution in [-0.4, -0.2) is 58.7 Å². The summed E-state index contributed by atoms with van der Waals surface area (Å²) in [5, 5.41) is 7.12. The van der Waals surface area contributed by atoms with Crippen LogP contribution in [0.5, 0.6) is 0 Å². The van der Waals surface area contributed by atoms with Crippen LogP contribution in [0, 0.1) is 6.92 Å². The van der Waals surface area contributed by atoms with Gasteiger partial charge in [0.05, 0.1) is 6.26 Å². The van der Waals surface area contributed by atoms with Gasteiger partial charge >= 0.3 is 0 Å². The van der Waals surface area contributed by atoms with Crippen molar-refractivity contribution in [2.24, 2.45) is 0 Å². The number of hydrogen-bond acceptors (Lipinski definition) is 8. The quantitative estimate of drug-likeness (QED) is 0.718. The van der Waals surface area contributed by atoms with Crippen LogP contribution in [0.25, 0.3) is 11.5 Å². The average Bonchev–Trinajstić information content (AvgIpc) is 3.39. The molecule has 1 amide bonds. The minimum absolute atomic E-state index is 0.145. The second-order valence-corrected chi connectivity index (χ2v) is 6.52. The molecule has 9 heteroatoms. The number of rotatable bonds is 5. The Morgan fingerprint density at radius 2 is 2.00 bits per heavy atom. The van der Waals surface area contributed by atoms with Crippen LogP contribution in [0.4, 0.5) is 11.6 Å². The van der Waals surface area contributed by atoms with Gasteiger partial charge in [-0.05, 0) is 26.0 Å². The molecule has 1 aliphatic rings. The van der Waals surface area contributed by atoms with Crippen molar-refractivity contribution in [1.29, 1.82) is 0 Å². The van der Waals surface area contributed by atoms with Crippen LogP contribution >= 0.6 is 0 Å². The van der Waals surface area contributed by atoms with E-state index in [2.05, 4.69) is 25.3 Å². The normalized spacial score (nSPS) is 14.4. The van der Waals surface area contributed by atoms with Crippen LogP contribution in [0.1, 0.15) is 23.2 Å². The van der Waals surface area contributed by atoms with Crippen molar-refractivity contribution in [1.82, 2.24) is 20.0 Å². The van der Waals surface area contributed by atoms with Gasteiger partial charge in [0.1, 0.15) is 17.5 Å². The highest BCUT2D eigenvalue weighted by atomic mass is 16.5. The molecule has 0 atom stereocenters. The monoisotopic (exact) mass is 382 g/mol. The molecule has 1 saturated heterocycles. The van der Waals surface area contributed by atoms with Gasteiger partial charge in [-0.25, -0.2) is 9.97 Å². The zero-order chi connectivity index (χ0) is 19.5. The first-order chi connectivity index (χ1) is 13.6. The second kappa shape index (κ2) is 7.71. The highest BCUT2D eigenvalue weighted by molar-refractivity contribution is 5.93. The summed E-state index contributed by atoms with van der Waals surface area (Å²) >= 11 is 0. The number of piperazine rings is 1. The van der Waals surface area contributed by atoms with Crippen molar-refractivity contribution in [3.8, 4) is 11.5 Å². The Bertz CT molecular complexity index is 944. The van der Waals surface area contributed by atoms with Gasteiger partial charge in [0, 0.05) is 44.9 Å². The standard InChI is InChI=1S/C19H22N6O3/c1-3-20-17-12-18(22-13(2)21-17)24-6-8-25(9-7-24)19(26)14-11-16(28-23-14)15-5-4-10-27-15/h4-5,10-12H,3,6-9H2,1-2H3,(H,20,21,22). The molecule has 0 unspecified atom stereocenters. The number of nitrogens with one attached hydrogen (secondary N) is 1. The Morgan fingerprint density at radius 1 is 1.18 bits per heavy atom. The molecule has 3 aromatic heterocycles. The van der Waals surface area contributed by atoms with Crippen LogP contribution in [0.15, 0.2) is 39.5 Å². The highest BCUT2D eigenvalue weighted by Gasteiger charge is 2.26. The summed E-state index contributed by atoms with van der Waals surface area (Å²) in [5.74, 6) is 3.26. The minimum Gasteiger partial charge on any atom is -0.461 e. The maximum Gasteiger partial charge on any atom is 0.276 e. The molecular weight excluding hydrogens is 360 g/mol. The molecule has 9 nitrogen and oxygen atoms in total. The van der Waals surface area contributed by atoms with Gasteiger partial charge < -0.3 is 24.1 Å². The topological polar surface area (TPSA) is 101 Å². The van der Waals surface area contributed by atoms with Gasteiger partial charge in [-0.2, -0.15) is 0 Å². The van der Waals surface area contributed by atoms with Crippen molar-refractivity contribution < 1.29 is 13.7 Å². The van der Waals surface area contributed by atoms with Crippen molar-refractivity contribution in [3.05, 3.63) is 42.0 Å². The fraction of sp³-hybridized carbons (Fsp3) is 0.368. The Labute approximate surface area is 162 Å². The first-order valence-electron chi connectivity index (χ1n) is 9.28. The number of anilines is 2. The number of carbonyl (C=O) groups excluding carboxylic acids is 1. The summed E-state index contributed by atoms with van der Waals surface area (Å²) in [7, 11) is 0. The van der Waals surface area contributed by atoms with E-state index < -0.39 is 0 Å². The molecule has 0 saturated carbocycles. The van der Waals surface area contributed by atoms with E-state index in [4.69, 9.17) is 8.94 Å². The molecule has 3 aromatic rings. The molecule has 28 heavy (non-hydrogen) atoms. The average molecular weight is 382 g/mol. The van der Waals surface area contributed by atoms with E-state index in [0.29, 0.717) is 37.7 Å². The number of amides is 1. The van der Waals surface area contributed by atoms with Crippen LogP contribution in [0.2, 0.25) is 0 Å². The Morgan fingerprint density at radius 3 is 2.71 bits per heavy atom. The Kier molecular flexibility index (Phi) is 4.96. The number of hydrogen-bond donors (Lipinski definition) is 1. The first-order valence-corrected chi connectivity index (χ1v) is 9.28. The van der Waals surface area contributed by atoms with Crippen molar-refractivity contribution in [2.45, 2.75) is 13.8 Å². The summed E-state index contributed by atoms with van der Waals surface area (Å²) in [6.07, 6.45) is 1.55. The molecule has 146 valence electrons. The van der Waals surface area contributed by atoms with Gasteiger partial charge in [0.15, 0.2) is 11.5 Å². The first kappa shape index (κ1) is 18.0. The van der Waals surface area contributed by atoms with Gasteiger partial charge in [-0.3, -0.25) is 4.79 Å². The van der Waals surface area contributed by atoms with Crippen LogP contribution in [-0.2, 0) is 0 Å². The van der Waals surface area contributed by atoms with E-state index in [1.807, 2.05) is 19.9 Å². The van der Waals surface area contributed by atoms with E-state index >= 15 is 0 Å². The predicted octanol–water partition coefficient (Wildman–Crippen LogP) is 2.43. The van der Waals surface area contributed by atoms with Gasteiger partial charge in [-0.1, -0.05) is 5.16 Å². The fourth-order valence-electron chi connectivity index (χ4n) is 3.20. The zero-order valence-corrected chi connectivity index (χ0v) is 15.9. The zero-order valence-electron chi connectivity index (χ0n) is 15.9. The third-order valence-electron chi connectivity index (χ3n) is 4.57. The Hall–Kier alpha value is -3.36.